The molecule has 1 aliphatic rings. The maximum atomic E-state index is 2.33. The highest BCUT2D eigenvalue weighted by atomic mass is 32.2. The summed E-state index contributed by atoms with van der Waals surface area (Å²) in [5.41, 5.74) is 1.48. The van der Waals surface area contributed by atoms with E-state index in [4.69, 9.17) is 0 Å². The summed E-state index contributed by atoms with van der Waals surface area (Å²) < 4.78 is 0.0200. The summed E-state index contributed by atoms with van der Waals surface area (Å²) in [7, 11) is 0. The van der Waals surface area contributed by atoms with Crippen molar-refractivity contribution in [3.63, 3.8) is 0 Å². The Kier molecular flexibility index (Phi) is 4.57. The molecule has 0 spiro atoms. The minimum absolute atomic E-state index is 0.0200. The largest absolute Gasteiger partial charge is 0.104 e. The van der Waals surface area contributed by atoms with Gasteiger partial charge in [-0.2, -0.15) is 0 Å². The van der Waals surface area contributed by atoms with Crippen molar-refractivity contribution in [3.8, 4) is 0 Å². The highest BCUT2D eigenvalue weighted by Crippen LogP contribution is 2.51. The van der Waals surface area contributed by atoms with Crippen molar-refractivity contribution in [3.05, 3.63) is 84.5 Å². The van der Waals surface area contributed by atoms with E-state index in [-0.39, 0.29) is 4.08 Å². The molecule has 0 saturated carbocycles. The molecule has 1 aliphatic carbocycles. The second kappa shape index (κ2) is 6.59. The monoisotopic (exact) mass is 310 g/mol. The number of benzene rings is 2. The molecule has 0 saturated heterocycles. The van der Waals surface area contributed by atoms with Gasteiger partial charge in [-0.1, -0.05) is 54.6 Å². The van der Waals surface area contributed by atoms with Crippen molar-refractivity contribution in [2.75, 3.05) is 0 Å². The highest BCUT2D eigenvalue weighted by Gasteiger charge is 2.31. The zero-order valence-electron chi connectivity index (χ0n) is 12.0. The predicted octanol–water partition coefficient (Wildman–Crippen LogP) is 6.17. The topological polar surface area (TPSA) is 0 Å². The van der Waals surface area contributed by atoms with Gasteiger partial charge in [0.25, 0.3) is 0 Å². The second-order valence-corrected chi connectivity index (χ2v) is 8.34. The maximum absolute atomic E-state index is 2.33. The molecule has 2 aromatic rings. The van der Waals surface area contributed by atoms with Crippen LogP contribution < -0.4 is 0 Å². The molecule has 21 heavy (non-hydrogen) atoms. The molecule has 0 aliphatic heterocycles. The smallest absolute Gasteiger partial charge is 0.0891 e. The summed E-state index contributed by atoms with van der Waals surface area (Å²) >= 11 is 3.88. The Morgan fingerprint density at radius 2 is 1.33 bits per heavy atom. The molecule has 3 rings (SSSR count). The fourth-order valence-corrected chi connectivity index (χ4v) is 5.16. The summed E-state index contributed by atoms with van der Waals surface area (Å²) in [4.78, 5) is 2.63. The van der Waals surface area contributed by atoms with Gasteiger partial charge in [0.15, 0.2) is 0 Å². The van der Waals surface area contributed by atoms with Gasteiger partial charge < -0.3 is 0 Å². The zero-order chi connectivity index (χ0) is 14.5. The van der Waals surface area contributed by atoms with E-state index >= 15 is 0 Å². The summed E-state index contributed by atoms with van der Waals surface area (Å²) in [5, 5.41) is 0. The number of allylic oxidation sites excluding steroid dienone is 3. The normalized spacial score (nSPS) is 14.2. The lowest BCUT2D eigenvalue weighted by atomic mass is 10.2. The first-order chi connectivity index (χ1) is 10.3. The van der Waals surface area contributed by atoms with Gasteiger partial charge in [-0.25, -0.2) is 0 Å². The van der Waals surface area contributed by atoms with Crippen LogP contribution in [0.3, 0.4) is 0 Å². The van der Waals surface area contributed by atoms with E-state index in [1.54, 1.807) is 0 Å². The molecule has 0 N–H and O–H groups in total. The Morgan fingerprint density at radius 3 is 1.76 bits per heavy atom. The first-order valence-electron chi connectivity index (χ1n) is 7.11. The van der Waals surface area contributed by atoms with E-state index in [1.165, 1.54) is 15.4 Å². The summed E-state index contributed by atoms with van der Waals surface area (Å²) in [6.07, 6.45) is 7.73. The first kappa shape index (κ1) is 14.6. The van der Waals surface area contributed by atoms with Crippen LogP contribution in [0, 0.1) is 0 Å². The molecule has 2 heteroatoms. The number of hydrogen-bond acceptors (Lipinski definition) is 2. The van der Waals surface area contributed by atoms with Crippen LogP contribution in [-0.4, -0.2) is 4.08 Å². The van der Waals surface area contributed by atoms with Crippen molar-refractivity contribution in [2.24, 2.45) is 0 Å². The molecule has 0 aromatic heterocycles. The highest BCUT2D eigenvalue weighted by molar-refractivity contribution is 8.18. The third-order valence-electron chi connectivity index (χ3n) is 3.47. The van der Waals surface area contributed by atoms with Crippen molar-refractivity contribution in [1.29, 1.82) is 0 Å². The quantitative estimate of drug-likeness (QED) is 0.478. The Hall–Kier alpha value is -1.38. The van der Waals surface area contributed by atoms with E-state index in [1.807, 2.05) is 23.5 Å². The van der Waals surface area contributed by atoms with E-state index < -0.39 is 0 Å². The Morgan fingerprint density at radius 1 is 0.810 bits per heavy atom. The lowest BCUT2D eigenvalue weighted by Gasteiger charge is -2.30. The van der Waals surface area contributed by atoms with Crippen molar-refractivity contribution >= 4 is 23.5 Å². The summed E-state index contributed by atoms with van der Waals surface area (Å²) in [6.45, 7) is 2.33. The van der Waals surface area contributed by atoms with Crippen LogP contribution in [0.25, 0.3) is 0 Å². The third kappa shape index (κ3) is 3.63. The molecule has 106 valence electrons. The fourth-order valence-electron chi connectivity index (χ4n) is 2.36. The molecule has 0 radical (unpaired) electrons. The molecule has 0 heterocycles. The molecule has 0 amide bonds. The maximum Gasteiger partial charge on any atom is 0.0891 e. The third-order valence-corrected chi connectivity index (χ3v) is 6.29. The van der Waals surface area contributed by atoms with Crippen LogP contribution in [0.4, 0.5) is 0 Å². The molecular weight excluding hydrogens is 292 g/mol. The second-order valence-electron chi connectivity index (χ2n) is 5.10. The van der Waals surface area contributed by atoms with Gasteiger partial charge in [0.1, 0.15) is 0 Å². The molecule has 2 aromatic carbocycles. The standard InChI is InChI=1S/C19H18S2/c1-19(16-10-8-9-11-16,20-17-12-4-2-5-13-17)21-18-14-6-3-7-15-18/h2-10,12-15H,11H2,1H3. The van der Waals surface area contributed by atoms with Crippen LogP contribution >= 0.6 is 23.5 Å². The van der Waals surface area contributed by atoms with Gasteiger partial charge in [-0.05, 0) is 43.2 Å². The lowest BCUT2D eigenvalue weighted by Crippen LogP contribution is -2.17. The van der Waals surface area contributed by atoms with Gasteiger partial charge >= 0.3 is 0 Å². The average Bonchev–Trinajstić information content (AvgIpc) is 3.04. The van der Waals surface area contributed by atoms with Gasteiger partial charge in [0.05, 0.1) is 4.08 Å². The van der Waals surface area contributed by atoms with Gasteiger partial charge in [0.2, 0.25) is 0 Å². The van der Waals surface area contributed by atoms with Gasteiger partial charge in [-0.3, -0.25) is 0 Å². The molecule has 0 atom stereocenters. The van der Waals surface area contributed by atoms with E-state index in [9.17, 15) is 0 Å². The number of hydrogen-bond donors (Lipinski definition) is 0. The molecular formula is C19H18S2. The Bertz CT molecular complexity index is 600. The van der Waals surface area contributed by atoms with Crippen LogP contribution in [-0.2, 0) is 0 Å². The number of thioether (sulfide) groups is 2. The zero-order valence-corrected chi connectivity index (χ0v) is 13.7. The van der Waals surface area contributed by atoms with Crippen LogP contribution in [0.1, 0.15) is 13.3 Å². The van der Waals surface area contributed by atoms with Crippen LogP contribution in [0.15, 0.2) is 94.3 Å². The Balaban J connectivity index is 1.88. The van der Waals surface area contributed by atoms with Crippen molar-refractivity contribution in [2.45, 2.75) is 27.2 Å². The SMILES string of the molecule is CC(Sc1ccccc1)(Sc1ccccc1)C1=CC=CC1. The van der Waals surface area contributed by atoms with Gasteiger partial charge in [-0.15, -0.1) is 23.5 Å². The minimum Gasteiger partial charge on any atom is -0.104 e. The molecule has 0 nitrogen and oxygen atoms in total. The lowest BCUT2D eigenvalue weighted by molar-refractivity contribution is 1.00. The van der Waals surface area contributed by atoms with Crippen molar-refractivity contribution < 1.29 is 0 Å². The van der Waals surface area contributed by atoms with Crippen LogP contribution in [0.5, 0.6) is 0 Å². The number of rotatable bonds is 5. The summed E-state index contributed by atoms with van der Waals surface area (Å²) in [6, 6.07) is 21.3. The summed E-state index contributed by atoms with van der Waals surface area (Å²) in [5.74, 6) is 0. The average molecular weight is 310 g/mol. The van der Waals surface area contributed by atoms with E-state index in [2.05, 4.69) is 85.8 Å². The molecule has 0 fully saturated rings. The van der Waals surface area contributed by atoms with Crippen LogP contribution in [0.2, 0.25) is 0 Å². The van der Waals surface area contributed by atoms with Gasteiger partial charge in [0, 0.05) is 9.79 Å². The first-order valence-corrected chi connectivity index (χ1v) is 8.74. The molecule has 0 unspecified atom stereocenters. The minimum atomic E-state index is 0.0200. The Labute approximate surface area is 135 Å². The van der Waals surface area contributed by atoms with E-state index in [0.717, 1.165) is 6.42 Å². The predicted molar refractivity (Wildman–Crippen MR) is 94.8 cm³/mol. The molecule has 0 bridgehead atoms. The van der Waals surface area contributed by atoms with Crippen molar-refractivity contribution in [1.82, 2.24) is 0 Å². The van der Waals surface area contributed by atoms with E-state index in [0.29, 0.717) is 0 Å². The fraction of sp³-hybridized carbons (Fsp3) is 0.158.